The molecule has 0 aliphatic carbocycles. The van der Waals surface area contributed by atoms with Gasteiger partial charge >= 0.3 is 6.03 Å². The number of carbonyl (C=O) groups excluding carboxylic acids is 3. The maximum atomic E-state index is 13.3. The van der Waals surface area contributed by atoms with Crippen LogP contribution in [0.4, 0.5) is 4.79 Å². The third kappa shape index (κ3) is 5.36. The predicted octanol–water partition coefficient (Wildman–Crippen LogP) is 1.88. The van der Waals surface area contributed by atoms with Crippen molar-refractivity contribution < 1.29 is 37.5 Å². The van der Waals surface area contributed by atoms with Crippen molar-refractivity contribution in [2.45, 2.75) is 28.9 Å². The van der Waals surface area contributed by atoms with Gasteiger partial charge in [0.15, 0.2) is 14.6 Å². The van der Waals surface area contributed by atoms with Gasteiger partial charge in [0.25, 0.3) is 11.8 Å². The van der Waals surface area contributed by atoms with E-state index >= 15 is 0 Å². The van der Waals surface area contributed by atoms with E-state index in [4.69, 9.17) is 14.7 Å². The third-order valence-electron chi connectivity index (χ3n) is 6.33. The summed E-state index contributed by atoms with van der Waals surface area (Å²) in [6, 6.07) is 14.3. The maximum absolute atomic E-state index is 13.3. The molecule has 2 saturated heterocycles. The lowest BCUT2D eigenvalue weighted by atomic mass is 9.98. The van der Waals surface area contributed by atoms with Crippen LogP contribution in [-0.4, -0.2) is 67.5 Å². The first-order valence-electron chi connectivity index (χ1n) is 11.7. The van der Waals surface area contributed by atoms with Crippen LogP contribution in [0, 0.1) is 0 Å². The Kier molecular flexibility index (Phi) is 7.91. The van der Waals surface area contributed by atoms with E-state index < -0.39 is 32.4 Å². The zero-order valence-electron chi connectivity index (χ0n) is 19.9. The first-order chi connectivity index (χ1) is 17.8. The van der Waals surface area contributed by atoms with Crippen LogP contribution in [-0.2, 0) is 24.2 Å². The molecule has 3 N–H and O–H groups in total. The second kappa shape index (κ2) is 11.1. The number of imide groups is 1. The van der Waals surface area contributed by atoms with Crippen LogP contribution in [0.1, 0.15) is 24.8 Å². The molecule has 4 amide bonds. The molecule has 37 heavy (non-hydrogen) atoms. The minimum Gasteiger partial charge on any atom is -0.494 e. The number of urea groups is 1. The van der Waals surface area contributed by atoms with E-state index in [9.17, 15) is 22.8 Å². The quantitative estimate of drug-likeness (QED) is 0.146. The van der Waals surface area contributed by atoms with Crippen LogP contribution < -0.4 is 15.5 Å². The molecule has 0 atom stereocenters. The lowest BCUT2D eigenvalue weighted by molar-refractivity contribution is -0.134. The van der Waals surface area contributed by atoms with E-state index in [1.165, 1.54) is 29.7 Å². The van der Waals surface area contributed by atoms with Crippen molar-refractivity contribution in [3.05, 3.63) is 65.9 Å². The summed E-state index contributed by atoms with van der Waals surface area (Å²) in [5.74, 6) is -1.02. The molecule has 2 aliphatic rings. The molecule has 0 bridgehead atoms. The fourth-order valence-corrected chi connectivity index (χ4v) is 6.20. The van der Waals surface area contributed by atoms with Gasteiger partial charge in [-0.3, -0.25) is 19.7 Å². The van der Waals surface area contributed by atoms with Gasteiger partial charge in [-0.2, -0.15) is 0 Å². The van der Waals surface area contributed by atoms with Gasteiger partial charge < -0.3 is 14.8 Å². The van der Waals surface area contributed by atoms with Gasteiger partial charge in [0.1, 0.15) is 11.4 Å². The lowest BCUT2D eigenvalue weighted by Crippen LogP contribution is -2.54. The highest BCUT2D eigenvalue weighted by molar-refractivity contribution is 7.93. The van der Waals surface area contributed by atoms with E-state index in [0.717, 1.165) is 10.5 Å². The molecule has 2 aromatic carbocycles. The number of amides is 4. The van der Waals surface area contributed by atoms with Crippen LogP contribution in [0.25, 0.3) is 6.08 Å². The summed E-state index contributed by atoms with van der Waals surface area (Å²) in [5, 5.41) is 11.7. The highest BCUT2D eigenvalue weighted by atomic mass is 32.2. The van der Waals surface area contributed by atoms with Gasteiger partial charge in [0.2, 0.25) is 0 Å². The fraction of sp³-hybridized carbons (Fsp3) is 0.320. The Hall–Kier alpha value is -3.74. The highest BCUT2D eigenvalue weighted by Gasteiger charge is 2.52. The normalized spacial score (nSPS) is 18.5. The Morgan fingerprint density at radius 3 is 2.43 bits per heavy atom. The predicted molar refractivity (Wildman–Crippen MR) is 131 cm³/mol. The first-order valence-corrected chi connectivity index (χ1v) is 13.2. The lowest BCUT2D eigenvalue weighted by Gasteiger charge is -2.34. The van der Waals surface area contributed by atoms with Gasteiger partial charge in [0, 0.05) is 19.8 Å². The SMILES string of the molecule is O=C1N/C(=C\c2ccccc2)C(=O)N1CCCOc1ccc(S(=O)(=O)C2(C(=O)NO)CCOCC2)cc1. The number of nitrogens with one attached hydrogen (secondary N) is 2. The number of hydrogen-bond donors (Lipinski definition) is 3. The molecule has 0 saturated carbocycles. The molecule has 0 aromatic heterocycles. The summed E-state index contributed by atoms with van der Waals surface area (Å²) in [6.07, 6.45) is 1.81. The van der Waals surface area contributed by atoms with Gasteiger partial charge in [-0.15, -0.1) is 0 Å². The van der Waals surface area contributed by atoms with E-state index in [1.54, 1.807) is 6.08 Å². The minimum absolute atomic E-state index is 0.0783. The smallest absolute Gasteiger partial charge is 0.329 e. The highest BCUT2D eigenvalue weighted by Crippen LogP contribution is 2.35. The van der Waals surface area contributed by atoms with E-state index in [1.807, 2.05) is 30.3 Å². The maximum Gasteiger partial charge on any atom is 0.329 e. The molecule has 0 unspecified atom stereocenters. The van der Waals surface area contributed by atoms with Crippen LogP contribution in [0.2, 0.25) is 0 Å². The number of benzene rings is 2. The van der Waals surface area contributed by atoms with Gasteiger partial charge in [-0.25, -0.2) is 18.7 Å². The molecular weight excluding hydrogens is 502 g/mol. The molecule has 196 valence electrons. The van der Waals surface area contributed by atoms with Crippen molar-refractivity contribution in [2.75, 3.05) is 26.4 Å². The zero-order chi connectivity index (χ0) is 26.5. The largest absolute Gasteiger partial charge is 0.494 e. The molecule has 2 heterocycles. The Morgan fingerprint density at radius 1 is 1.11 bits per heavy atom. The fourth-order valence-electron chi connectivity index (χ4n) is 4.26. The standard InChI is InChI=1S/C25H27N3O8S/c29-22-21(17-18-5-2-1-3-6-18)26-24(31)28(22)13-4-14-36-19-7-9-20(10-8-19)37(33,34)25(23(30)27-32)11-15-35-16-12-25/h1-3,5-10,17,32H,4,11-16H2,(H,26,31)(H,27,30)/b21-17-. The Labute approximate surface area is 213 Å². The Balaban J connectivity index is 1.33. The molecule has 11 nitrogen and oxygen atoms in total. The summed E-state index contributed by atoms with van der Waals surface area (Å²) in [4.78, 5) is 38.1. The third-order valence-corrected chi connectivity index (χ3v) is 8.85. The number of sulfone groups is 1. The number of nitrogens with zero attached hydrogens (tertiary/aromatic N) is 1. The molecular formula is C25H27N3O8S. The summed E-state index contributed by atoms with van der Waals surface area (Å²) < 4.78 is 35.6. The zero-order valence-corrected chi connectivity index (χ0v) is 20.7. The average Bonchev–Trinajstić information content (AvgIpc) is 3.18. The summed E-state index contributed by atoms with van der Waals surface area (Å²) in [6.45, 7) is 0.475. The monoisotopic (exact) mass is 529 g/mol. The van der Waals surface area contributed by atoms with Gasteiger partial charge in [0.05, 0.1) is 11.5 Å². The van der Waals surface area contributed by atoms with Crippen LogP contribution in [0.15, 0.2) is 65.2 Å². The summed E-state index contributed by atoms with van der Waals surface area (Å²) >= 11 is 0. The number of rotatable bonds is 9. The van der Waals surface area contributed by atoms with E-state index in [-0.39, 0.29) is 49.8 Å². The Morgan fingerprint density at radius 2 is 1.78 bits per heavy atom. The molecule has 2 aromatic rings. The number of hydrogen-bond acceptors (Lipinski definition) is 8. The van der Waals surface area contributed by atoms with Crippen LogP contribution in [0.3, 0.4) is 0 Å². The van der Waals surface area contributed by atoms with Crippen molar-refractivity contribution in [3.8, 4) is 5.75 Å². The second-order valence-corrected chi connectivity index (χ2v) is 10.8. The number of carbonyl (C=O) groups is 3. The average molecular weight is 530 g/mol. The van der Waals surface area contributed by atoms with Crippen molar-refractivity contribution in [2.24, 2.45) is 0 Å². The molecule has 2 fully saturated rings. The van der Waals surface area contributed by atoms with Crippen molar-refractivity contribution in [3.63, 3.8) is 0 Å². The van der Waals surface area contributed by atoms with E-state index in [0.29, 0.717) is 12.2 Å². The molecule has 4 rings (SSSR count). The summed E-state index contributed by atoms with van der Waals surface area (Å²) in [5.41, 5.74) is 2.48. The number of ether oxygens (including phenoxy) is 2. The molecule has 0 radical (unpaired) electrons. The van der Waals surface area contributed by atoms with E-state index in [2.05, 4.69) is 5.32 Å². The molecule has 2 aliphatic heterocycles. The van der Waals surface area contributed by atoms with Crippen molar-refractivity contribution in [1.29, 1.82) is 0 Å². The van der Waals surface area contributed by atoms with Gasteiger partial charge in [-0.05, 0) is 55.2 Å². The minimum atomic E-state index is -4.13. The molecule has 0 spiro atoms. The van der Waals surface area contributed by atoms with Crippen LogP contribution >= 0.6 is 0 Å². The van der Waals surface area contributed by atoms with Gasteiger partial charge in [-0.1, -0.05) is 30.3 Å². The second-order valence-electron chi connectivity index (χ2n) is 8.58. The van der Waals surface area contributed by atoms with Crippen molar-refractivity contribution >= 4 is 33.8 Å². The Bertz CT molecular complexity index is 1290. The topological polar surface area (TPSA) is 151 Å². The number of hydroxylamine groups is 1. The molecule has 12 heteroatoms. The van der Waals surface area contributed by atoms with Crippen LogP contribution in [0.5, 0.6) is 5.75 Å². The van der Waals surface area contributed by atoms with Crippen molar-refractivity contribution in [1.82, 2.24) is 15.7 Å². The summed E-state index contributed by atoms with van der Waals surface area (Å²) in [7, 11) is -4.13. The first kappa shape index (κ1) is 26.3.